The lowest BCUT2D eigenvalue weighted by atomic mass is 9.60. The summed E-state index contributed by atoms with van der Waals surface area (Å²) in [5, 5.41) is 18.6. The summed E-state index contributed by atoms with van der Waals surface area (Å²) < 4.78 is 0. The third-order valence-electron chi connectivity index (χ3n) is 4.04. The second kappa shape index (κ2) is 3.08. The Hall–Kier alpha value is -1.32. The van der Waals surface area contributed by atoms with Gasteiger partial charge in [-0.25, -0.2) is 0 Å². The van der Waals surface area contributed by atoms with E-state index in [4.69, 9.17) is 0 Å². The molecule has 2 unspecified atom stereocenters. The Balaban J connectivity index is 2.53. The molecule has 15 heavy (non-hydrogen) atoms. The van der Waals surface area contributed by atoms with Crippen LogP contribution >= 0.6 is 0 Å². The molecule has 4 nitrogen and oxygen atoms in total. The van der Waals surface area contributed by atoms with Crippen LogP contribution in [0.2, 0.25) is 0 Å². The van der Waals surface area contributed by atoms with E-state index in [1.807, 2.05) is 0 Å². The molecule has 0 aromatic heterocycles. The first-order valence-corrected chi connectivity index (χ1v) is 5.17. The largest absolute Gasteiger partial charge is 0.481 e. The number of carboxylic acids is 2. The molecule has 0 aliphatic heterocycles. The van der Waals surface area contributed by atoms with Crippen molar-refractivity contribution in [2.24, 2.45) is 10.8 Å². The van der Waals surface area contributed by atoms with Crippen LogP contribution in [0.1, 0.15) is 32.1 Å². The Morgan fingerprint density at radius 1 is 0.933 bits per heavy atom. The summed E-state index contributed by atoms with van der Waals surface area (Å²) in [5.41, 5.74) is -2.12. The zero-order valence-corrected chi connectivity index (χ0v) is 8.40. The highest BCUT2D eigenvalue weighted by Gasteiger charge is 2.63. The lowest BCUT2D eigenvalue weighted by molar-refractivity contribution is -0.171. The van der Waals surface area contributed by atoms with Gasteiger partial charge in [0.15, 0.2) is 0 Å². The van der Waals surface area contributed by atoms with Crippen LogP contribution in [0.25, 0.3) is 0 Å². The number of carboxylic acid groups (broad SMARTS) is 2. The molecular formula is C11H14O4. The average Bonchev–Trinajstić information content (AvgIpc) is 2.58. The molecule has 0 radical (unpaired) electrons. The summed E-state index contributed by atoms with van der Waals surface area (Å²) >= 11 is 0. The van der Waals surface area contributed by atoms with Gasteiger partial charge >= 0.3 is 11.9 Å². The van der Waals surface area contributed by atoms with Gasteiger partial charge in [-0.05, 0) is 25.7 Å². The number of hydrogen-bond donors (Lipinski definition) is 2. The molecule has 0 amide bonds. The molecule has 2 aliphatic carbocycles. The maximum atomic E-state index is 11.4. The number of rotatable bonds is 2. The average molecular weight is 210 g/mol. The summed E-state index contributed by atoms with van der Waals surface area (Å²) in [4.78, 5) is 22.7. The minimum Gasteiger partial charge on any atom is -0.481 e. The fourth-order valence-electron chi connectivity index (χ4n) is 3.13. The van der Waals surface area contributed by atoms with Crippen molar-refractivity contribution in [1.29, 1.82) is 0 Å². The Morgan fingerprint density at radius 2 is 1.33 bits per heavy atom. The van der Waals surface area contributed by atoms with Gasteiger partial charge in [0.1, 0.15) is 0 Å². The van der Waals surface area contributed by atoms with Gasteiger partial charge in [-0.2, -0.15) is 0 Å². The van der Waals surface area contributed by atoms with E-state index in [1.165, 1.54) is 0 Å². The molecule has 2 rings (SSSR count). The van der Waals surface area contributed by atoms with Crippen LogP contribution in [0.3, 0.4) is 0 Å². The van der Waals surface area contributed by atoms with Crippen LogP contribution in [-0.4, -0.2) is 22.2 Å². The highest BCUT2D eigenvalue weighted by molar-refractivity contribution is 5.88. The van der Waals surface area contributed by atoms with Gasteiger partial charge in [0, 0.05) is 0 Å². The predicted octanol–water partition coefficient (Wildman–Crippen LogP) is 1.66. The van der Waals surface area contributed by atoms with Gasteiger partial charge in [0.25, 0.3) is 0 Å². The molecule has 1 fully saturated rings. The normalized spacial score (nSPS) is 38.7. The number of allylic oxidation sites excluding steroid dienone is 2. The maximum Gasteiger partial charge on any atom is 0.311 e. The van der Waals surface area contributed by atoms with Crippen molar-refractivity contribution in [2.45, 2.75) is 32.1 Å². The minimum absolute atomic E-state index is 0.356. The number of fused-ring (bicyclic) bond motifs is 1. The first kappa shape index (κ1) is 10.2. The summed E-state index contributed by atoms with van der Waals surface area (Å²) in [5.74, 6) is -1.90. The van der Waals surface area contributed by atoms with Crippen LogP contribution in [0.5, 0.6) is 0 Å². The first-order chi connectivity index (χ1) is 7.05. The highest BCUT2D eigenvalue weighted by atomic mass is 16.4. The predicted molar refractivity (Wildman–Crippen MR) is 52.4 cm³/mol. The fourth-order valence-corrected chi connectivity index (χ4v) is 3.13. The van der Waals surface area contributed by atoms with Gasteiger partial charge < -0.3 is 10.2 Å². The molecule has 2 N–H and O–H groups in total. The van der Waals surface area contributed by atoms with Crippen molar-refractivity contribution >= 4 is 11.9 Å². The Labute approximate surface area is 87.6 Å². The molecule has 4 heteroatoms. The smallest absolute Gasteiger partial charge is 0.311 e. The molecule has 0 saturated heterocycles. The van der Waals surface area contributed by atoms with E-state index >= 15 is 0 Å². The molecule has 2 aliphatic rings. The molecule has 82 valence electrons. The molecule has 0 spiro atoms. The Kier molecular flexibility index (Phi) is 2.10. The molecule has 0 aromatic carbocycles. The molecule has 2 atom stereocenters. The van der Waals surface area contributed by atoms with E-state index in [9.17, 15) is 19.8 Å². The van der Waals surface area contributed by atoms with E-state index in [2.05, 4.69) is 0 Å². The van der Waals surface area contributed by atoms with Crippen molar-refractivity contribution in [3.63, 3.8) is 0 Å². The van der Waals surface area contributed by atoms with Crippen LogP contribution in [0, 0.1) is 10.8 Å². The van der Waals surface area contributed by atoms with E-state index in [-0.39, 0.29) is 0 Å². The number of hydrogen-bond acceptors (Lipinski definition) is 2. The minimum atomic E-state index is -1.06. The zero-order chi connectivity index (χ0) is 11.1. The maximum absolute atomic E-state index is 11.4. The van der Waals surface area contributed by atoms with Gasteiger partial charge in [0.2, 0.25) is 0 Å². The van der Waals surface area contributed by atoms with Crippen LogP contribution in [-0.2, 0) is 9.59 Å². The second-order valence-corrected chi connectivity index (χ2v) is 4.51. The summed E-state index contributed by atoms with van der Waals surface area (Å²) in [6, 6.07) is 0. The zero-order valence-electron chi connectivity index (χ0n) is 8.40. The lowest BCUT2D eigenvalue weighted by Gasteiger charge is -2.41. The summed E-state index contributed by atoms with van der Waals surface area (Å²) in [6.45, 7) is 0. The van der Waals surface area contributed by atoms with Crippen molar-refractivity contribution in [3.8, 4) is 0 Å². The van der Waals surface area contributed by atoms with E-state index in [0.29, 0.717) is 32.1 Å². The van der Waals surface area contributed by atoms with Gasteiger partial charge in [0.05, 0.1) is 10.8 Å². The molecule has 0 aromatic rings. The van der Waals surface area contributed by atoms with Crippen molar-refractivity contribution < 1.29 is 19.8 Å². The molecule has 1 saturated carbocycles. The van der Waals surface area contributed by atoms with Crippen molar-refractivity contribution in [1.82, 2.24) is 0 Å². The molecule has 0 heterocycles. The Morgan fingerprint density at radius 3 is 1.67 bits per heavy atom. The van der Waals surface area contributed by atoms with Gasteiger partial charge in [-0.1, -0.05) is 18.6 Å². The van der Waals surface area contributed by atoms with Crippen molar-refractivity contribution in [3.05, 3.63) is 12.2 Å². The van der Waals surface area contributed by atoms with Crippen LogP contribution in [0.4, 0.5) is 0 Å². The lowest BCUT2D eigenvalue weighted by Crippen LogP contribution is -2.49. The van der Waals surface area contributed by atoms with Crippen LogP contribution in [0.15, 0.2) is 12.2 Å². The van der Waals surface area contributed by atoms with E-state index in [1.54, 1.807) is 12.2 Å². The highest BCUT2D eigenvalue weighted by Crippen LogP contribution is 2.59. The van der Waals surface area contributed by atoms with Gasteiger partial charge in [-0.15, -0.1) is 0 Å². The number of aliphatic carboxylic acids is 2. The first-order valence-electron chi connectivity index (χ1n) is 5.17. The summed E-state index contributed by atoms with van der Waals surface area (Å²) in [7, 11) is 0. The molecule has 0 bridgehead atoms. The monoisotopic (exact) mass is 210 g/mol. The van der Waals surface area contributed by atoms with E-state index in [0.717, 1.165) is 0 Å². The van der Waals surface area contributed by atoms with Crippen LogP contribution < -0.4 is 0 Å². The molecular weight excluding hydrogens is 196 g/mol. The van der Waals surface area contributed by atoms with Gasteiger partial charge in [-0.3, -0.25) is 9.59 Å². The second-order valence-electron chi connectivity index (χ2n) is 4.51. The SMILES string of the molecule is O=C(O)C12CC=CCC1(C(=O)O)CCC2. The quantitative estimate of drug-likeness (QED) is 0.680. The third-order valence-corrected chi connectivity index (χ3v) is 4.04. The van der Waals surface area contributed by atoms with Crippen molar-refractivity contribution in [2.75, 3.05) is 0 Å². The standard InChI is InChI=1S/C11H14O4/c12-8(13)10-4-1-2-5-11(10,9(14)15)7-3-6-10/h1-2H,3-7H2,(H,12,13)(H,14,15). The topological polar surface area (TPSA) is 74.6 Å². The Bertz CT molecular complexity index is 314. The van der Waals surface area contributed by atoms with E-state index < -0.39 is 22.8 Å². The number of carbonyl (C=O) groups is 2. The summed E-state index contributed by atoms with van der Waals surface area (Å²) in [6.07, 6.45) is 5.99. The fraction of sp³-hybridized carbons (Fsp3) is 0.636. The third kappa shape index (κ3) is 1.07.